The number of amides is 1. The largest absolute Gasteiger partial charge is 0.332 e. The first-order chi connectivity index (χ1) is 12.3. The Labute approximate surface area is 146 Å². The zero-order valence-corrected chi connectivity index (χ0v) is 13.8. The summed E-state index contributed by atoms with van der Waals surface area (Å²) in [7, 11) is 0. The van der Waals surface area contributed by atoms with Crippen LogP contribution in [-0.2, 0) is 6.54 Å². The van der Waals surface area contributed by atoms with E-state index in [0.717, 1.165) is 30.5 Å². The van der Waals surface area contributed by atoms with Gasteiger partial charge in [-0.3, -0.25) is 4.79 Å². The zero-order valence-electron chi connectivity index (χ0n) is 13.8. The maximum atomic E-state index is 12.9. The van der Waals surface area contributed by atoms with Crippen molar-refractivity contribution in [2.24, 2.45) is 0 Å². The molecule has 1 aliphatic heterocycles. The number of hydrogen-bond acceptors (Lipinski definition) is 4. The van der Waals surface area contributed by atoms with E-state index in [2.05, 4.69) is 27.7 Å². The lowest BCUT2D eigenvalue weighted by Crippen LogP contribution is -2.30. The first-order valence-electron chi connectivity index (χ1n) is 8.47. The van der Waals surface area contributed by atoms with E-state index in [0.29, 0.717) is 6.54 Å². The maximum absolute atomic E-state index is 12.9. The van der Waals surface area contributed by atoms with Crippen molar-refractivity contribution < 1.29 is 4.79 Å². The summed E-state index contributed by atoms with van der Waals surface area (Å²) < 4.78 is 1.66. The highest BCUT2D eigenvalue weighted by Gasteiger charge is 2.30. The second kappa shape index (κ2) is 6.84. The molecular weight excluding hydrogens is 314 g/mol. The minimum Gasteiger partial charge on any atom is -0.332 e. The van der Waals surface area contributed by atoms with E-state index in [1.165, 1.54) is 5.56 Å². The number of benzene rings is 2. The van der Waals surface area contributed by atoms with Crippen molar-refractivity contribution in [3.8, 4) is 0 Å². The van der Waals surface area contributed by atoms with Gasteiger partial charge in [0.1, 0.15) is 6.33 Å². The van der Waals surface area contributed by atoms with Crippen LogP contribution in [-0.4, -0.2) is 37.6 Å². The Morgan fingerprint density at radius 3 is 2.60 bits per heavy atom. The van der Waals surface area contributed by atoms with Gasteiger partial charge >= 0.3 is 0 Å². The van der Waals surface area contributed by atoms with Crippen molar-refractivity contribution in [3.63, 3.8) is 0 Å². The van der Waals surface area contributed by atoms with Gasteiger partial charge in [0.05, 0.1) is 12.6 Å². The zero-order chi connectivity index (χ0) is 17.1. The molecule has 0 bridgehead atoms. The topological polar surface area (TPSA) is 63.9 Å². The molecule has 1 fully saturated rings. The molecule has 2 heterocycles. The smallest absolute Gasteiger partial charge is 0.254 e. The van der Waals surface area contributed by atoms with Gasteiger partial charge in [0, 0.05) is 12.1 Å². The third-order valence-corrected chi connectivity index (χ3v) is 4.63. The molecule has 6 nitrogen and oxygen atoms in total. The van der Waals surface area contributed by atoms with Crippen molar-refractivity contribution in [3.05, 3.63) is 77.6 Å². The molecule has 0 aliphatic carbocycles. The van der Waals surface area contributed by atoms with E-state index in [-0.39, 0.29) is 11.9 Å². The fraction of sp³-hybridized carbons (Fsp3) is 0.263. The molecule has 1 aliphatic rings. The Balaban J connectivity index is 1.50. The molecule has 0 saturated carbocycles. The lowest BCUT2D eigenvalue weighted by Gasteiger charge is -2.25. The van der Waals surface area contributed by atoms with Crippen molar-refractivity contribution in [2.75, 3.05) is 6.54 Å². The van der Waals surface area contributed by atoms with Crippen molar-refractivity contribution in [1.29, 1.82) is 0 Å². The van der Waals surface area contributed by atoms with Crippen LogP contribution in [0.1, 0.15) is 40.4 Å². The van der Waals surface area contributed by atoms with Crippen LogP contribution in [0, 0.1) is 0 Å². The Bertz CT molecular complexity index is 830. The molecule has 0 unspecified atom stereocenters. The average Bonchev–Trinajstić information content (AvgIpc) is 3.34. The summed E-state index contributed by atoms with van der Waals surface area (Å²) in [4.78, 5) is 14.9. The number of rotatable bonds is 4. The van der Waals surface area contributed by atoms with Gasteiger partial charge in [0.15, 0.2) is 0 Å². The summed E-state index contributed by atoms with van der Waals surface area (Å²) in [6.45, 7) is 1.41. The van der Waals surface area contributed by atoms with Crippen molar-refractivity contribution in [2.45, 2.75) is 25.4 Å². The predicted octanol–water partition coefficient (Wildman–Crippen LogP) is 2.70. The Kier molecular flexibility index (Phi) is 4.24. The first-order valence-corrected chi connectivity index (χ1v) is 8.47. The molecule has 2 aromatic carbocycles. The molecule has 1 aromatic heterocycles. The normalized spacial score (nSPS) is 17.0. The van der Waals surface area contributed by atoms with E-state index < -0.39 is 0 Å². The summed E-state index contributed by atoms with van der Waals surface area (Å²) in [6, 6.07) is 18.2. The minimum absolute atomic E-state index is 0.0975. The highest BCUT2D eigenvalue weighted by molar-refractivity contribution is 5.94. The van der Waals surface area contributed by atoms with Crippen molar-refractivity contribution >= 4 is 5.91 Å². The fourth-order valence-corrected chi connectivity index (χ4v) is 3.39. The highest BCUT2D eigenvalue weighted by Crippen LogP contribution is 2.32. The van der Waals surface area contributed by atoms with Crippen molar-refractivity contribution in [1.82, 2.24) is 25.1 Å². The molecule has 3 aromatic rings. The monoisotopic (exact) mass is 333 g/mol. The van der Waals surface area contributed by atoms with Gasteiger partial charge in [-0.05, 0) is 46.5 Å². The molecule has 0 N–H and O–H groups in total. The molecule has 1 atom stereocenters. The van der Waals surface area contributed by atoms with Gasteiger partial charge in [-0.25, -0.2) is 4.68 Å². The van der Waals surface area contributed by atoms with Crippen LogP contribution in [0.2, 0.25) is 0 Å². The third kappa shape index (κ3) is 3.28. The summed E-state index contributed by atoms with van der Waals surface area (Å²) in [5.41, 5.74) is 3.00. The number of likely N-dealkylation sites (tertiary alicyclic amines) is 1. The molecule has 4 rings (SSSR count). The van der Waals surface area contributed by atoms with E-state index in [4.69, 9.17) is 0 Å². The predicted molar refractivity (Wildman–Crippen MR) is 92.8 cm³/mol. The van der Waals surface area contributed by atoms with Crippen LogP contribution >= 0.6 is 0 Å². The first kappa shape index (κ1) is 15.5. The third-order valence-electron chi connectivity index (χ3n) is 4.63. The van der Waals surface area contributed by atoms with Crippen LogP contribution in [0.5, 0.6) is 0 Å². The Morgan fingerprint density at radius 1 is 1.08 bits per heavy atom. The number of hydrogen-bond donors (Lipinski definition) is 0. The van der Waals surface area contributed by atoms with Gasteiger partial charge < -0.3 is 4.90 Å². The second-order valence-corrected chi connectivity index (χ2v) is 6.27. The average molecular weight is 333 g/mol. The van der Waals surface area contributed by atoms with Crippen LogP contribution in [0.15, 0.2) is 60.9 Å². The quantitative estimate of drug-likeness (QED) is 0.736. The van der Waals surface area contributed by atoms with Gasteiger partial charge in [0.2, 0.25) is 0 Å². The van der Waals surface area contributed by atoms with Gasteiger partial charge in [-0.1, -0.05) is 42.5 Å². The molecule has 126 valence electrons. The van der Waals surface area contributed by atoms with Crippen LogP contribution in [0.3, 0.4) is 0 Å². The number of nitrogens with zero attached hydrogens (tertiary/aromatic N) is 5. The van der Waals surface area contributed by atoms with Gasteiger partial charge in [0.25, 0.3) is 5.91 Å². The molecule has 0 radical (unpaired) electrons. The Morgan fingerprint density at radius 2 is 1.88 bits per heavy atom. The molecule has 1 saturated heterocycles. The van der Waals surface area contributed by atoms with Crippen LogP contribution < -0.4 is 0 Å². The van der Waals surface area contributed by atoms with E-state index in [1.807, 2.05) is 47.4 Å². The van der Waals surface area contributed by atoms with Crippen LogP contribution in [0.4, 0.5) is 0 Å². The Hall–Kier alpha value is -3.02. The summed E-state index contributed by atoms with van der Waals surface area (Å²) in [6.07, 6.45) is 3.64. The lowest BCUT2D eigenvalue weighted by molar-refractivity contribution is 0.0735. The maximum Gasteiger partial charge on any atom is 0.254 e. The minimum atomic E-state index is 0.0975. The lowest BCUT2D eigenvalue weighted by atomic mass is 10.0. The van der Waals surface area contributed by atoms with E-state index in [9.17, 15) is 4.79 Å². The number of aromatic nitrogens is 4. The van der Waals surface area contributed by atoms with Gasteiger partial charge in [-0.15, -0.1) is 5.10 Å². The highest BCUT2D eigenvalue weighted by atomic mass is 16.2. The summed E-state index contributed by atoms with van der Waals surface area (Å²) in [5.74, 6) is 0.0975. The summed E-state index contributed by atoms with van der Waals surface area (Å²) in [5, 5.41) is 11.1. The second-order valence-electron chi connectivity index (χ2n) is 6.27. The molecule has 6 heteroatoms. The standard InChI is InChI=1S/C19H19N5O/c25-19(24-12-4-7-18(24)16-5-2-1-3-6-16)17-10-8-15(9-11-17)13-23-14-20-21-22-23/h1-3,5-6,8-11,14,18H,4,7,12-13H2/t18-/m1/s1. The van der Waals surface area contributed by atoms with Crippen LogP contribution in [0.25, 0.3) is 0 Å². The molecule has 25 heavy (non-hydrogen) atoms. The molecule has 0 spiro atoms. The van der Waals surface area contributed by atoms with E-state index >= 15 is 0 Å². The number of carbonyl (C=O) groups excluding carboxylic acids is 1. The van der Waals surface area contributed by atoms with E-state index in [1.54, 1.807) is 11.0 Å². The SMILES string of the molecule is O=C(c1ccc(Cn2cnnn2)cc1)N1CCC[C@@H]1c1ccccc1. The number of carbonyl (C=O) groups is 1. The molecule has 1 amide bonds. The van der Waals surface area contributed by atoms with Gasteiger partial charge in [-0.2, -0.15) is 0 Å². The summed E-state index contributed by atoms with van der Waals surface area (Å²) >= 11 is 0. The number of tetrazole rings is 1. The fourth-order valence-electron chi connectivity index (χ4n) is 3.39. The molecular formula is C19H19N5O.